The van der Waals surface area contributed by atoms with Crippen molar-refractivity contribution in [2.75, 3.05) is 5.32 Å². The fourth-order valence-corrected chi connectivity index (χ4v) is 2.40. The maximum atomic E-state index is 3.58. The molecule has 90 valence electrons. The van der Waals surface area contributed by atoms with Crippen LogP contribution in [0.15, 0.2) is 60.7 Å². The Balaban J connectivity index is 1.72. The molecular formula is C17H17N. The Labute approximate surface area is 108 Å². The lowest BCUT2D eigenvalue weighted by atomic mass is 9.97. The summed E-state index contributed by atoms with van der Waals surface area (Å²) in [6.07, 6.45) is 6.80. The van der Waals surface area contributed by atoms with Crippen LogP contribution in [0, 0.1) is 0 Å². The molecule has 3 rings (SSSR count). The molecule has 0 fully saturated rings. The van der Waals surface area contributed by atoms with E-state index in [0.29, 0.717) is 6.04 Å². The van der Waals surface area contributed by atoms with E-state index in [4.69, 9.17) is 0 Å². The fraction of sp³-hybridized carbons (Fsp3) is 0.176. The van der Waals surface area contributed by atoms with Crippen molar-refractivity contribution in [1.29, 1.82) is 0 Å². The van der Waals surface area contributed by atoms with E-state index in [2.05, 4.69) is 66.0 Å². The van der Waals surface area contributed by atoms with E-state index < -0.39 is 0 Å². The topological polar surface area (TPSA) is 12.0 Å². The summed E-state index contributed by atoms with van der Waals surface area (Å²) in [5.41, 5.74) is 3.98. The summed E-state index contributed by atoms with van der Waals surface area (Å²) < 4.78 is 0. The van der Waals surface area contributed by atoms with Crippen molar-refractivity contribution in [3.8, 4) is 0 Å². The number of benzene rings is 2. The molecule has 1 heterocycles. The molecule has 1 aliphatic rings. The first kappa shape index (κ1) is 11.1. The molecule has 1 heteroatoms. The van der Waals surface area contributed by atoms with E-state index in [0.717, 1.165) is 6.42 Å². The number of para-hydroxylation sites is 1. The molecule has 18 heavy (non-hydrogen) atoms. The first-order valence-corrected chi connectivity index (χ1v) is 6.49. The van der Waals surface area contributed by atoms with Gasteiger partial charge >= 0.3 is 0 Å². The molecule has 1 unspecified atom stereocenters. The largest absolute Gasteiger partial charge is 0.379 e. The summed E-state index contributed by atoms with van der Waals surface area (Å²) >= 11 is 0. The van der Waals surface area contributed by atoms with E-state index in [1.807, 2.05) is 6.07 Å². The lowest BCUT2D eigenvalue weighted by molar-refractivity contribution is 0.733. The van der Waals surface area contributed by atoms with Gasteiger partial charge in [-0.15, -0.1) is 0 Å². The minimum absolute atomic E-state index is 0.445. The summed E-state index contributed by atoms with van der Waals surface area (Å²) in [6, 6.07) is 19.5. The monoisotopic (exact) mass is 235 g/mol. The number of rotatable bonds is 2. The highest BCUT2D eigenvalue weighted by Gasteiger charge is 2.14. The van der Waals surface area contributed by atoms with Crippen LogP contribution in [0.2, 0.25) is 0 Å². The normalized spacial score (nSPS) is 18.3. The van der Waals surface area contributed by atoms with Crippen molar-refractivity contribution >= 4 is 11.8 Å². The van der Waals surface area contributed by atoms with Crippen LogP contribution in [0.3, 0.4) is 0 Å². The van der Waals surface area contributed by atoms with E-state index in [1.54, 1.807) is 0 Å². The second kappa shape index (κ2) is 5.09. The molecule has 0 radical (unpaired) electrons. The summed E-state index contributed by atoms with van der Waals surface area (Å²) in [7, 11) is 0. The highest BCUT2D eigenvalue weighted by Crippen LogP contribution is 2.24. The van der Waals surface area contributed by atoms with Gasteiger partial charge in [0.25, 0.3) is 0 Å². The van der Waals surface area contributed by atoms with Gasteiger partial charge in [0, 0.05) is 11.7 Å². The molecule has 1 N–H and O–H groups in total. The molecule has 2 aromatic carbocycles. The smallest absolute Gasteiger partial charge is 0.0450 e. The number of nitrogens with one attached hydrogen (secondary N) is 1. The Kier molecular flexibility index (Phi) is 3.14. The van der Waals surface area contributed by atoms with Gasteiger partial charge in [0.2, 0.25) is 0 Å². The highest BCUT2D eigenvalue weighted by atomic mass is 14.9. The van der Waals surface area contributed by atoms with Crippen LogP contribution in [0.5, 0.6) is 0 Å². The van der Waals surface area contributed by atoms with Gasteiger partial charge < -0.3 is 5.32 Å². The first-order chi connectivity index (χ1) is 8.92. The molecule has 0 bridgehead atoms. The number of hydrogen-bond acceptors (Lipinski definition) is 1. The molecule has 0 amide bonds. The van der Waals surface area contributed by atoms with Crippen LogP contribution < -0.4 is 5.32 Å². The van der Waals surface area contributed by atoms with Gasteiger partial charge in [0.15, 0.2) is 0 Å². The Hall–Kier alpha value is -2.02. The van der Waals surface area contributed by atoms with Crippen LogP contribution in [-0.2, 0) is 6.42 Å². The van der Waals surface area contributed by atoms with Crippen LogP contribution in [0.4, 0.5) is 5.69 Å². The Morgan fingerprint density at radius 2 is 1.72 bits per heavy atom. The molecule has 2 aromatic rings. The van der Waals surface area contributed by atoms with Gasteiger partial charge in [-0.3, -0.25) is 0 Å². The molecule has 0 aliphatic carbocycles. The summed E-state index contributed by atoms with van der Waals surface area (Å²) in [6.45, 7) is 0. The predicted octanol–water partition coefficient (Wildman–Crippen LogP) is 4.13. The molecule has 0 saturated heterocycles. The minimum Gasteiger partial charge on any atom is -0.379 e. The Morgan fingerprint density at radius 3 is 2.61 bits per heavy atom. The van der Waals surface area contributed by atoms with E-state index in [1.165, 1.54) is 23.2 Å². The van der Waals surface area contributed by atoms with Gasteiger partial charge in [-0.1, -0.05) is 60.7 Å². The SMILES string of the molecule is C(=C\C1CCc2ccccc2N1)/c1ccccc1. The van der Waals surface area contributed by atoms with Crippen molar-refractivity contribution < 1.29 is 0 Å². The standard InChI is InChI=1S/C17H17N/c1-2-6-14(7-3-1)10-12-16-13-11-15-8-4-5-9-17(15)18-16/h1-10,12,16,18H,11,13H2/b12-10+. The van der Waals surface area contributed by atoms with Crippen LogP contribution in [-0.4, -0.2) is 6.04 Å². The Bertz CT molecular complexity index is 543. The zero-order valence-electron chi connectivity index (χ0n) is 10.3. The molecule has 0 spiro atoms. The van der Waals surface area contributed by atoms with Gasteiger partial charge in [0.1, 0.15) is 0 Å². The number of aryl methyl sites for hydroxylation is 1. The molecule has 1 atom stereocenters. The van der Waals surface area contributed by atoms with Crippen LogP contribution in [0.1, 0.15) is 17.5 Å². The van der Waals surface area contributed by atoms with E-state index in [9.17, 15) is 0 Å². The van der Waals surface area contributed by atoms with E-state index >= 15 is 0 Å². The molecular weight excluding hydrogens is 218 g/mol. The van der Waals surface area contributed by atoms with Crippen molar-refractivity contribution in [3.05, 3.63) is 71.8 Å². The maximum absolute atomic E-state index is 3.58. The quantitative estimate of drug-likeness (QED) is 0.825. The van der Waals surface area contributed by atoms with Gasteiger partial charge in [0.05, 0.1) is 0 Å². The van der Waals surface area contributed by atoms with Gasteiger partial charge in [-0.25, -0.2) is 0 Å². The number of fused-ring (bicyclic) bond motifs is 1. The first-order valence-electron chi connectivity index (χ1n) is 6.49. The van der Waals surface area contributed by atoms with Crippen molar-refractivity contribution in [3.63, 3.8) is 0 Å². The Morgan fingerprint density at radius 1 is 0.944 bits per heavy atom. The van der Waals surface area contributed by atoms with Crippen molar-refractivity contribution in [1.82, 2.24) is 0 Å². The average molecular weight is 235 g/mol. The summed E-state index contributed by atoms with van der Waals surface area (Å²) in [5, 5.41) is 3.58. The molecule has 0 saturated carbocycles. The third-order valence-corrected chi connectivity index (χ3v) is 3.40. The zero-order chi connectivity index (χ0) is 12.2. The minimum atomic E-state index is 0.445. The third-order valence-electron chi connectivity index (χ3n) is 3.40. The van der Waals surface area contributed by atoms with Crippen LogP contribution >= 0.6 is 0 Å². The number of hydrogen-bond donors (Lipinski definition) is 1. The average Bonchev–Trinajstić information content (AvgIpc) is 2.46. The van der Waals surface area contributed by atoms with Crippen molar-refractivity contribution in [2.45, 2.75) is 18.9 Å². The fourth-order valence-electron chi connectivity index (χ4n) is 2.40. The second-order valence-electron chi connectivity index (χ2n) is 4.72. The third kappa shape index (κ3) is 2.45. The van der Waals surface area contributed by atoms with Crippen LogP contribution in [0.25, 0.3) is 6.08 Å². The molecule has 1 nitrogen and oxygen atoms in total. The van der Waals surface area contributed by atoms with E-state index in [-0.39, 0.29) is 0 Å². The molecule has 1 aliphatic heterocycles. The summed E-state index contributed by atoms with van der Waals surface area (Å²) in [4.78, 5) is 0. The predicted molar refractivity (Wildman–Crippen MR) is 77.6 cm³/mol. The van der Waals surface area contributed by atoms with Crippen molar-refractivity contribution in [2.24, 2.45) is 0 Å². The lowest BCUT2D eigenvalue weighted by Crippen LogP contribution is -2.22. The summed E-state index contributed by atoms with van der Waals surface area (Å²) in [5.74, 6) is 0. The number of anilines is 1. The van der Waals surface area contributed by atoms with Gasteiger partial charge in [-0.2, -0.15) is 0 Å². The van der Waals surface area contributed by atoms with Gasteiger partial charge in [-0.05, 0) is 30.0 Å². The maximum Gasteiger partial charge on any atom is 0.0450 e. The molecule has 0 aromatic heterocycles. The second-order valence-corrected chi connectivity index (χ2v) is 4.72. The lowest BCUT2D eigenvalue weighted by Gasteiger charge is -2.24. The zero-order valence-corrected chi connectivity index (χ0v) is 10.3. The highest BCUT2D eigenvalue weighted by molar-refractivity contribution is 5.57.